The summed E-state index contributed by atoms with van der Waals surface area (Å²) in [4.78, 5) is 1.89. The minimum absolute atomic E-state index is 0.0476. The minimum atomic E-state index is -4.55. The first-order valence-electron chi connectivity index (χ1n) is 6.36. The highest BCUT2D eigenvalue weighted by molar-refractivity contribution is 7.81. The molecule has 0 aromatic heterocycles. The minimum Gasteiger partial charge on any atom is -0.360 e. The predicted molar refractivity (Wildman–Crippen MR) is 77.1 cm³/mol. The van der Waals surface area contributed by atoms with E-state index < -0.39 is 10.4 Å². The number of nitrogens with one attached hydrogen (secondary N) is 1. The highest BCUT2D eigenvalue weighted by Crippen LogP contribution is 2.32. The maximum absolute atomic E-state index is 11.0. The fourth-order valence-electron chi connectivity index (χ4n) is 2.18. The first-order valence-corrected chi connectivity index (χ1v) is 7.73. The number of hydrogen-bond donors (Lipinski definition) is 2. The Hall–Kier alpha value is -1.57. The highest BCUT2D eigenvalue weighted by atomic mass is 32.3. The lowest BCUT2D eigenvalue weighted by Gasteiger charge is -2.34. The van der Waals surface area contributed by atoms with Gasteiger partial charge in [-0.05, 0) is 31.0 Å². The summed E-state index contributed by atoms with van der Waals surface area (Å²) in [6, 6.07) is 5.22. The molecule has 0 radical (unpaired) electrons. The van der Waals surface area contributed by atoms with Crippen LogP contribution in [0.3, 0.4) is 0 Å². The van der Waals surface area contributed by atoms with Gasteiger partial charge in [-0.25, -0.2) is 0 Å². The van der Waals surface area contributed by atoms with E-state index in [4.69, 9.17) is 4.55 Å². The topological polar surface area (TPSA) is 78.9 Å². The molecule has 2 N–H and O–H groups in total. The van der Waals surface area contributed by atoms with E-state index in [0.717, 1.165) is 18.5 Å². The van der Waals surface area contributed by atoms with Crippen LogP contribution in [0.25, 0.3) is 0 Å². The maximum atomic E-state index is 11.0. The van der Waals surface area contributed by atoms with Gasteiger partial charge in [0.05, 0.1) is 11.9 Å². The molecule has 1 aromatic carbocycles. The normalized spacial score (nSPS) is 19.1. The summed E-state index contributed by atoms with van der Waals surface area (Å²) in [6.45, 7) is 4.61. The average molecular weight is 298 g/mol. The summed E-state index contributed by atoms with van der Waals surface area (Å²) in [5.74, 6) is 0.110. The zero-order valence-corrected chi connectivity index (χ0v) is 12.2. The van der Waals surface area contributed by atoms with Gasteiger partial charge >= 0.3 is 10.4 Å². The zero-order chi connectivity index (χ0) is 14.8. The summed E-state index contributed by atoms with van der Waals surface area (Å²) in [6.07, 6.45) is 4.70. The van der Waals surface area contributed by atoms with Crippen LogP contribution < -0.4 is 14.4 Å². The molecule has 1 atom stereocenters. The van der Waals surface area contributed by atoms with E-state index in [-0.39, 0.29) is 11.9 Å². The van der Waals surface area contributed by atoms with Crippen LogP contribution in [0, 0.1) is 6.92 Å². The molecule has 1 heterocycles. The average Bonchev–Trinajstić information content (AvgIpc) is 2.37. The Morgan fingerprint density at radius 2 is 2.25 bits per heavy atom. The lowest BCUT2D eigenvalue weighted by molar-refractivity contribution is 0.386. The van der Waals surface area contributed by atoms with Gasteiger partial charge < -0.3 is 9.08 Å². The van der Waals surface area contributed by atoms with Crippen molar-refractivity contribution in [2.75, 3.05) is 11.4 Å². The second-order valence-corrected chi connectivity index (χ2v) is 5.63. The van der Waals surface area contributed by atoms with Gasteiger partial charge in [-0.3, -0.25) is 9.87 Å². The van der Waals surface area contributed by atoms with Crippen LogP contribution in [-0.2, 0) is 10.4 Å². The molecule has 6 nitrogen and oxygen atoms in total. The van der Waals surface area contributed by atoms with Crippen LogP contribution in [0.5, 0.6) is 5.75 Å². The van der Waals surface area contributed by atoms with Gasteiger partial charge in [-0.15, -0.1) is 0 Å². The molecule has 1 unspecified atom stereocenters. The molecule has 0 spiro atoms. The molecule has 110 valence electrons. The summed E-state index contributed by atoms with van der Waals surface area (Å²) < 4.78 is 35.5. The Morgan fingerprint density at radius 3 is 2.90 bits per heavy atom. The first kappa shape index (κ1) is 14.8. The third-order valence-electron chi connectivity index (χ3n) is 3.05. The van der Waals surface area contributed by atoms with Crippen molar-refractivity contribution in [1.82, 2.24) is 5.32 Å². The van der Waals surface area contributed by atoms with Crippen LogP contribution in [0.1, 0.15) is 18.9 Å². The van der Waals surface area contributed by atoms with Crippen molar-refractivity contribution in [2.24, 2.45) is 0 Å². The van der Waals surface area contributed by atoms with Crippen LogP contribution in [0.4, 0.5) is 5.69 Å². The predicted octanol–water partition coefficient (Wildman–Crippen LogP) is 1.84. The van der Waals surface area contributed by atoms with Crippen LogP contribution in [0.15, 0.2) is 30.5 Å². The van der Waals surface area contributed by atoms with E-state index in [9.17, 15) is 8.42 Å². The molecule has 20 heavy (non-hydrogen) atoms. The first-order chi connectivity index (χ1) is 9.40. The lowest BCUT2D eigenvalue weighted by atomic mass is 10.1. The van der Waals surface area contributed by atoms with E-state index in [1.807, 2.05) is 37.1 Å². The largest absolute Gasteiger partial charge is 0.446 e. The van der Waals surface area contributed by atoms with E-state index in [2.05, 4.69) is 9.50 Å². The molecule has 1 aliphatic rings. The number of nitrogens with zero attached hydrogens (tertiary/aromatic N) is 1. The molecule has 1 aromatic rings. The summed E-state index contributed by atoms with van der Waals surface area (Å²) >= 11 is 0. The maximum Gasteiger partial charge on any atom is 0.446 e. The van der Waals surface area contributed by atoms with Crippen molar-refractivity contribution in [2.45, 2.75) is 26.4 Å². The van der Waals surface area contributed by atoms with Gasteiger partial charge in [0, 0.05) is 12.7 Å². The van der Waals surface area contributed by atoms with Crippen LogP contribution in [-0.4, -0.2) is 25.7 Å². The molecule has 0 saturated heterocycles. The second-order valence-electron chi connectivity index (χ2n) is 4.61. The monoisotopic (exact) mass is 298 g/mol. The van der Waals surface area contributed by atoms with E-state index in [1.165, 1.54) is 0 Å². The fourth-order valence-corrected chi connectivity index (χ4v) is 2.54. The Morgan fingerprint density at radius 1 is 1.50 bits per heavy atom. The Labute approximate surface area is 119 Å². The molecular formula is C13H18N2O4S. The smallest absolute Gasteiger partial charge is 0.360 e. The van der Waals surface area contributed by atoms with Gasteiger partial charge in [-0.1, -0.05) is 19.1 Å². The molecular weight excluding hydrogens is 280 g/mol. The van der Waals surface area contributed by atoms with Crippen molar-refractivity contribution < 1.29 is 17.2 Å². The van der Waals surface area contributed by atoms with Crippen molar-refractivity contribution in [1.29, 1.82) is 0 Å². The molecule has 0 aliphatic carbocycles. The standard InChI is InChI=1S/C13H18N2O4S/c1-3-13-14-7-4-8-15(13)11-6-5-10(2)9-12(11)19-20(16,17)18/h4-6,8-9,13-14H,3,7H2,1-2H3,(H,16,17,18). The Bertz CT molecular complexity index is 613. The number of aryl methyl sites for hydroxylation is 1. The van der Waals surface area contributed by atoms with Gasteiger partial charge in [0.2, 0.25) is 0 Å². The lowest BCUT2D eigenvalue weighted by Crippen LogP contribution is -2.45. The van der Waals surface area contributed by atoms with Crippen molar-refractivity contribution in [3.63, 3.8) is 0 Å². The Kier molecular flexibility index (Phi) is 4.32. The number of anilines is 1. The molecule has 0 bridgehead atoms. The van der Waals surface area contributed by atoms with Crippen molar-refractivity contribution in [3.8, 4) is 5.75 Å². The van der Waals surface area contributed by atoms with E-state index in [1.54, 1.807) is 12.1 Å². The fraction of sp³-hybridized carbons (Fsp3) is 0.385. The number of rotatable bonds is 4. The zero-order valence-electron chi connectivity index (χ0n) is 11.4. The number of benzene rings is 1. The van der Waals surface area contributed by atoms with E-state index in [0.29, 0.717) is 5.69 Å². The van der Waals surface area contributed by atoms with Gasteiger partial charge in [0.25, 0.3) is 0 Å². The molecule has 2 rings (SSSR count). The van der Waals surface area contributed by atoms with E-state index >= 15 is 0 Å². The third-order valence-corrected chi connectivity index (χ3v) is 3.44. The summed E-state index contributed by atoms with van der Waals surface area (Å²) in [5.41, 5.74) is 1.43. The van der Waals surface area contributed by atoms with Crippen LogP contribution in [0.2, 0.25) is 0 Å². The van der Waals surface area contributed by atoms with Crippen molar-refractivity contribution >= 4 is 16.1 Å². The van der Waals surface area contributed by atoms with Gasteiger partial charge in [-0.2, -0.15) is 8.42 Å². The highest BCUT2D eigenvalue weighted by Gasteiger charge is 2.22. The van der Waals surface area contributed by atoms with Crippen LogP contribution >= 0.6 is 0 Å². The summed E-state index contributed by atoms with van der Waals surface area (Å²) in [5, 5.41) is 3.29. The molecule has 7 heteroatoms. The quantitative estimate of drug-likeness (QED) is 0.826. The second kappa shape index (κ2) is 5.82. The molecule has 0 fully saturated rings. The Balaban J connectivity index is 2.44. The van der Waals surface area contributed by atoms with Gasteiger partial charge in [0.1, 0.15) is 0 Å². The summed E-state index contributed by atoms with van der Waals surface area (Å²) in [7, 11) is -4.55. The number of hydrogen-bond acceptors (Lipinski definition) is 5. The van der Waals surface area contributed by atoms with Gasteiger partial charge in [0.15, 0.2) is 5.75 Å². The SMILES string of the molecule is CCC1NCC=CN1c1ccc(C)cc1OS(=O)(=O)O. The molecule has 0 amide bonds. The molecule has 0 saturated carbocycles. The third kappa shape index (κ3) is 3.50. The molecule has 1 aliphatic heterocycles. The van der Waals surface area contributed by atoms with Crippen molar-refractivity contribution in [3.05, 3.63) is 36.0 Å².